The maximum absolute atomic E-state index is 13.3. The summed E-state index contributed by atoms with van der Waals surface area (Å²) in [5.74, 6) is -0.708. The predicted octanol–water partition coefficient (Wildman–Crippen LogP) is 8.55. The zero-order valence-corrected chi connectivity index (χ0v) is 23.6. The van der Waals surface area contributed by atoms with Crippen LogP contribution in [0.5, 0.6) is 23.0 Å². The van der Waals surface area contributed by atoms with Gasteiger partial charge >= 0.3 is 5.97 Å². The van der Waals surface area contributed by atoms with Gasteiger partial charge in [-0.25, -0.2) is 9.18 Å². The number of nitro groups is 1. The van der Waals surface area contributed by atoms with Gasteiger partial charge in [-0.1, -0.05) is 79.7 Å². The molecule has 1 N–H and O–H groups in total. The van der Waals surface area contributed by atoms with Crippen molar-refractivity contribution in [1.82, 2.24) is 0 Å². The summed E-state index contributed by atoms with van der Waals surface area (Å²) >= 11 is 0. The van der Waals surface area contributed by atoms with Crippen molar-refractivity contribution in [2.24, 2.45) is 4.99 Å². The molecule has 9 heteroatoms. The van der Waals surface area contributed by atoms with Gasteiger partial charge in [0.25, 0.3) is 5.69 Å². The summed E-state index contributed by atoms with van der Waals surface area (Å²) in [4.78, 5) is 28.8. The second-order valence-electron chi connectivity index (χ2n) is 9.81. The highest BCUT2D eigenvalue weighted by atomic mass is 19.1. The van der Waals surface area contributed by atoms with Crippen molar-refractivity contribution in [3.8, 4) is 23.0 Å². The molecule has 0 saturated heterocycles. The molecule has 0 aliphatic rings. The van der Waals surface area contributed by atoms with Gasteiger partial charge in [0.05, 0.1) is 22.8 Å². The third-order valence-electron chi connectivity index (χ3n) is 6.96. The number of halogens is 1. The lowest BCUT2D eigenvalue weighted by atomic mass is 9.86. The summed E-state index contributed by atoms with van der Waals surface area (Å²) < 4.78 is 24.9. The molecule has 0 radical (unpaired) electrons. The number of hydrogen-bond donors (Lipinski definition) is 1. The molecule has 0 heterocycles. The minimum absolute atomic E-state index is 0.122. The first-order valence-corrected chi connectivity index (χ1v) is 13.7. The normalized spacial score (nSPS) is 12.0. The van der Waals surface area contributed by atoms with Crippen molar-refractivity contribution in [2.45, 2.75) is 18.9 Å². The molecule has 5 aromatic carbocycles. The molecule has 1 unspecified atom stereocenters. The van der Waals surface area contributed by atoms with E-state index in [9.17, 15) is 24.4 Å². The van der Waals surface area contributed by atoms with Crippen LogP contribution < -0.4 is 9.47 Å². The monoisotopic (exact) mass is 590 g/mol. The zero-order chi connectivity index (χ0) is 31.1. The Hall–Kier alpha value is -5.83. The smallest absolute Gasteiger partial charge is 0.336 e. The van der Waals surface area contributed by atoms with Crippen LogP contribution in [0.4, 0.5) is 10.1 Å². The maximum atomic E-state index is 13.3. The number of benzene rings is 5. The first-order chi connectivity index (χ1) is 21.3. The minimum atomic E-state index is -1.61. The molecule has 0 bridgehead atoms. The number of non-ortho nitro benzene ring substituents is 1. The Labute approximate surface area is 252 Å². The molecule has 0 amide bonds. The molecular weight excluding hydrogens is 563 g/mol. The Morgan fingerprint density at radius 2 is 1.25 bits per heavy atom. The summed E-state index contributed by atoms with van der Waals surface area (Å²) in [7, 11) is 0. The van der Waals surface area contributed by atoms with E-state index in [2.05, 4.69) is 0 Å². The lowest BCUT2D eigenvalue weighted by Gasteiger charge is -2.26. The third kappa shape index (κ3) is 6.63. The van der Waals surface area contributed by atoms with Crippen molar-refractivity contribution >= 4 is 17.4 Å². The molecule has 0 aliphatic heterocycles. The van der Waals surface area contributed by atoms with Gasteiger partial charge < -0.3 is 14.6 Å². The molecule has 220 valence electrons. The molecule has 5 aromatic rings. The Bertz CT molecular complexity index is 1750. The van der Waals surface area contributed by atoms with E-state index in [4.69, 9.17) is 14.5 Å². The predicted molar refractivity (Wildman–Crippen MR) is 164 cm³/mol. The minimum Gasteiger partial charge on any atom is -0.479 e. The van der Waals surface area contributed by atoms with E-state index in [1.807, 2.05) is 60.7 Å². The van der Waals surface area contributed by atoms with E-state index in [1.54, 1.807) is 31.2 Å². The number of aliphatic imine (C=N–C) groups is 1. The fourth-order valence-corrected chi connectivity index (χ4v) is 4.70. The van der Waals surface area contributed by atoms with Gasteiger partial charge in [-0.15, -0.1) is 0 Å². The van der Waals surface area contributed by atoms with Gasteiger partial charge in [0.15, 0.2) is 5.54 Å². The number of ether oxygens (including phenoxy) is 2. The number of aliphatic carboxylic acids is 1. The quantitative estimate of drug-likeness (QED) is 0.0937. The Balaban J connectivity index is 1.49. The number of carbonyl (C=O) groups is 1. The maximum Gasteiger partial charge on any atom is 0.336 e. The standard InChI is InChI=1S/C35H27FN2O6/c1-2-35(34(39)40,37-33(24-9-5-3-6-10-24)25-11-7-4-8-12-25)26-13-17-29(18-14-26)43-31-21-28(38(41)42)22-32(23-31)44-30-19-15-27(36)16-20-30/h3-23H,2H2,1H3,(H,39,40). The van der Waals surface area contributed by atoms with Crippen molar-refractivity contribution in [1.29, 1.82) is 0 Å². The van der Waals surface area contributed by atoms with Gasteiger partial charge in [0.2, 0.25) is 0 Å². The Kier molecular flexibility index (Phi) is 8.76. The van der Waals surface area contributed by atoms with Crippen LogP contribution in [0.3, 0.4) is 0 Å². The van der Waals surface area contributed by atoms with Crippen molar-refractivity contribution in [3.05, 3.63) is 160 Å². The van der Waals surface area contributed by atoms with Crippen molar-refractivity contribution in [3.63, 3.8) is 0 Å². The highest BCUT2D eigenvalue weighted by Gasteiger charge is 2.39. The first kappa shape index (κ1) is 29.7. The molecule has 0 spiro atoms. The molecular formula is C35H27FN2O6. The largest absolute Gasteiger partial charge is 0.479 e. The van der Waals surface area contributed by atoms with Crippen LogP contribution in [0.15, 0.2) is 132 Å². The van der Waals surface area contributed by atoms with Gasteiger partial charge in [-0.3, -0.25) is 15.1 Å². The fraction of sp³-hybridized carbons (Fsp3) is 0.0857. The average Bonchev–Trinajstić information content (AvgIpc) is 3.04. The van der Waals surface area contributed by atoms with Crippen LogP contribution >= 0.6 is 0 Å². The summed E-state index contributed by atoms with van der Waals surface area (Å²) in [6.45, 7) is 1.77. The average molecular weight is 591 g/mol. The van der Waals surface area contributed by atoms with Crippen LogP contribution in [0.25, 0.3) is 0 Å². The molecule has 0 fully saturated rings. The van der Waals surface area contributed by atoms with Gasteiger partial charge in [-0.2, -0.15) is 0 Å². The van der Waals surface area contributed by atoms with E-state index in [0.29, 0.717) is 17.0 Å². The van der Waals surface area contributed by atoms with Gasteiger partial charge in [0.1, 0.15) is 28.8 Å². The molecule has 0 saturated carbocycles. The zero-order valence-electron chi connectivity index (χ0n) is 23.6. The number of carboxylic acids is 1. The van der Waals surface area contributed by atoms with Crippen LogP contribution in [0.2, 0.25) is 0 Å². The van der Waals surface area contributed by atoms with E-state index in [0.717, 1.165) is 11.1 Å². The van der Waals surface area contributed by atoms with Crippen LogP contribution in [-0.2, 0) is 10.3 Å². The third-order valence-corrected chi connectivity index (χ3v) is 6.96. The molecule has 0 aliphatic carbocycles. The van der Waals surface area contributed by atoms with E-state index >= 15 is 0 Å². The number of carboxylic acid groups (broad SMARTS) is 1. The van der Waals surface area contributed by atoms with Crippen molar-refractivity contribution in [2.75, 3.05) is 0 Å². The number of nitro benzene ring substituents is 1. The van der Waals surface area contributed by atoms with Crippen LogP contribution in [0.1, 0.15) is 30.0 Å². The lowest BCUT2D eigenvalue weighted by molar-refractivity contribution is -0.385. The number of rotatable bonds is 11. The van der Waals surface area contributed by atoms with Crippen LogP contribution in [-0.4, -0.2) is 21.7 Å². The van der Waals surface area contributed by atoms with Gasteiger partial charge in [-0.05, 0) is 48.4 Å². The Morgan fingerprint density at radius 3 is 1.68 bits per heavy atom. The molecule has 0 aromatic heterocycles. The van der Waals surface area contributed by atoms with Gasteiger partial charge in [0, 0.05) is 17.2 Å². The molecule has 8 nitrogen and oxygen atoms in total. The van der Waals surface area contributed by atoms with Crippen molar-refractivity contribution < 1.29 is 28.7 Å². The fourth-order valence-electron chi connectivity index (χ4n) is 4.70. The number of nitrogens with zero attached hydrogens (tertiary/aromatic N) is 2. The summed E-state index contributed by atoms with van der Waals surface area (Å²) in [5.41, 5.74) is 0.658. The second-order valence-corrected chi connectivity index (χ2v) is 9.81. The van der Waals surface area contributed by atoms with E-state index in [1.165, 1.54) is 42.5 Å². The second kappa shape index (κ2) is 13.0. The Morgan fingerprint density at radius 1 is 0.773 bits per heavy atom. The highest BCUT2D eigenvalue weighted by molar-refractivity contribution is 6.13. The lowest BCUT2D eigenvalue weighted by Crippen LogP contribution is -2.34. The summed E-state index contributed by atoms with van der Waals surface area (Å²) in [6.07, 6.45) is 0.167. The summed E-state index contributed by atoms with van der Waals surface area (Å²) in [5, 5.41) is 22.1. The first-order valence-electron chi connectivity index (χ1n) is 13.7. The van der Waals surface area contributed by atoms with E-state index in [-0.39, 0.29) is 29.4 Å². The number of hydrogen-bond acceptors (Lipinski definition) is 6. The SMILES string of the molecule is CCC(N=C(c1ccccc1)c1ccccc1)(C(=O)O)c1ccc(Oc2cc(Oc3ccc(F)cc3)cc([N+](=O)[O-])c2)cc1. The van der Waals surface area contributed by atoms with Crippen LogP contribution in [0, 0.1) is 15.9 Å². The topological polar surface area (TPSA) is 111 Å². The molecule has 1 atom stereocenters. The highest BCUT2D eigenvalue weighted by Crippen LogP contribution is 2.36. The summed E-state index contributed by atoms with van der Waals surface area (Å²) in [6, 6.07) is 34.4. The molecule has 5 rings (SSSR count). The molecule has 44 heavy (non-hydrogen) atoms. The van der Waals surface area contributed by atoms with E-state index < -0.39 is 22.2 Å².